The maximum Gasteiger partial charge on any atom is 0.160 e. The molecule has 0 bridgehead atoms. The molecule has 5 aromatic carbocycles. The summed E-state index contributed by atoms with van der Waals surface area (Å²) in [4.78, 5) is 24.4. The van der Waals surface area contributed by atoms with Crippen molar-refractivity contribution in [2.75, 3.05) is 0 Å². The van der Waals surface area contributed by atoms with Gasteiger partial charge in [-0.05, 0) is 88.5 Å². The maximum atomic E-state index is 5.28. The number of rotatable bonds is 7. The van der Waals surface area contributed by atoms with Crippen LogP contribution in [0.1, 0.15) is 0 Å². The van der Waals surface area contributed by atoms with Crippen molar-refractivity contribution in [3.05, 3.63) is 188 Å². The Labute approximate surface area is 302 Å². The average molecular weight is 666 g/mol. The van der Waals surface area contributed by atoms with E-state index in [2.05, 4.69) is 125 Å². The molecule has 5 nitrogen and oxygen atoms in total. The Morgan fingerprint density at radius 3 is 1.54 bits per heavy atom. The molecule has 0 atom stereocenters. The van der Waals surface area contributed by atoms with Crippen LogP contribution in [0.2, 0.25) is 0 Å². The molecule has 0 aliphatic carbocycles. The van der Waals surface area contributed by atoms with Crippen molar-refractivity contribution in [3.63, 3.8) is 0 Å². The summed E-state index contributed by atoms with van der Waals surface area (Å²) >= 11 is 0. The zero-order chi connectivity index (χ0) is 34.7. The van der Waals surface area contributed by atoms with Crippen LogP contribution in [0.5, 0.6) is 0 Å². The summed E-state index contributed by atoms with van der Waals surface area (Å²) in [6.45, 7) is 0. The van der Waals surface area contributed by atoms with E-state index < -0.39 is 0 Å². The van der Waals surface area contributed by atoms with E-state index in [9.17, 15) is 0 Å². The van der Waals surface area contributed by atoms with Gasteiger partial charge in [0.2, 0.25) is 0 Å². The van der Waals surface area contributed by atoms with Gasteiger partial charge in [-0.3, -0.25) is 15.0 Å². The minimum atomic E-state index is 0.655. The minimum Gasteiger partial charge on any atom is -0.256 e. The van der Waals surface area contributed by atoms with Gasteiger partial charge in [0.1, 0.15) is 0 Å². The molecular formula is C47H31N5. The van der Waals surface area contributed by atoms with E-state index in [1.54, 1.807) is 6.20 Å². The molecule has 0 N–H and O–H groups in total. The molecule has 0 fully saturated rings. The second-order valence-electron chi connectivity index (χ2n) is 12.6. The van der Waals surface area contributed by atoms with Crippen molar-refractivity contribution in [1.29, 1.82) is 0 Å². The molecule has 9 rings (SSSR count). The topological polar surface area (TPSA) is 64.5 Å². The van der Waals surface area contributed by atoms with Crippen molar-refractivity contribution in [1.82, 2.24) is 24.9 Å². The van der Waals surface area contributed by atoms with Crippen molar-refractivity contribution in [2.24, 2.45) is 0 Å². The third-order valence-electron chi connectivity index (χ3n) is 9.25. The molecule has 4 heterocycles. The number of hydrogen-bond donors (Lipinski definition) is 0. The third-order valence-corrected chi connectivity index (χ3v) is 9.25. The Bertz CT molecular complexity index is 2530. The smallest absolute Gasteiger partial charge is 0.160 e. The lowest BCUT2D eigenvalue weighted by molar-refractivity contribution is 1.23. The molecule has 0 spiro atoms. The molecule has 244 valence electrons. The monoisotopic (exact) mass is 665 g/mol. The van der Waals surface area contributed by atoms with Crippen LogP contribution in [-0.2, 0) is 0 Å². The van der Waals surface area contributed by atoms with E-state index >= 15 is 0 Å². The lowest BCUT2D eigenvalue weighted by atomic mass is 9.95. The fraction of sp³-hybridized carbons (Fsp3) is 0. The van der Waals surface area contributed by atoms with Crippen molar-refractivity contribution in [3.8, 4) is 78.7 Å². The molecule has 0 unspecified atom stereocenters. The van der Waals surface area contributed by atoms with Crippen LogP contribution in [0.15, 0.2) is 188 Å². The van der Waals surface area contributed by atoms with E-state index in [1.165, 1.54) is 0 Å². The molecule has 0 saturated carbocycles. The number of aromatic nitrogens is 5. The van der Waals surface area contributed by atoms with Crippen molar-refractivity contribution >= 4 is 10.9 Å². The van der Waals surface area contributed by atoms with Gasteiger partial charge in [0.25, 0.3) is 0 Å². The van der Waals surface area contributed by atoms with E-state index in [1.807, 2.05) is 67.0 Å². The summed E-state index contributed by atoms with van der Waals surface area (Å²) in [6.07, 6.45) is 5.53. The third kappa shape index (κ3) is 6.23. The normalized spacial score (nSPS) is 11.1. The first-order valence-electron chi connectivity index (χ1n) is 17.2. The number of nitrogens with zero attached hydrogens (tertiary/aromatic N) is 5. The maximum absolute atomic E-state index is 5.28. The van der Waals surface area contributed by atoms with Gasteiger partial charge in [0.15, 0.2) is 5.82 Å². The first kappa shape index (κ1) is 30.9. The molecule has 4 aromatic heterocycles. The van der Waals surface area contributed by atoms with E-state index in [0.717, 1.165) is 83.7 Å². The largest absolute Gasteiger partial charge is 0.256 e. The molecule has 52 heavy (non-hydrogen) atoms. The molecule has 0 radical (unpaired) electrons. The van der Waals surface area contributed by atoms with Gasteiger partial charge in [0.05, 0.1) is 28.3 Å². The molecule has 0 aliphatic rings. The Hall–Kier alpha value is -7.11. The fourth-order valence-corrected chi connectivity index (χ4v) is 6.57. The molecule has 0 saturated heterocycles. The van der Waals surface area contributed by atoms with Crippen molar-refractivity contribution in [2.45, 2.75) is 0 Å². The van der Waals surface area contributed by atoms with Crippen LogP contribution in [0.25, 0.3) is 89.6 Å². The Balaban J connectivity index is 1.22. The Kier molecular flexibility index (Phi) is 8.12. The summed E-state index contributed by atoms with van der Waals surface area (Å²) in [7, 11) is 0. The van der Waals surface area contributed by atoms with Crippen LogP contribution in [0.3, 0.4) is 0 Å². The van der Waals surface area contributed by atoms with Gasteiger partial charge in [-0.1, -0.05) is 109 Å². The van der Waals surface area contributed by atoms with E-state index in [4.69, 9.17) is 15.0 Å². The predicted molar refractivity (Wildman–Crippen MR) is 211 cm³/mol. The summed E-state index contributed by atoms with van der Waals surface area (Å²) in [5.74, 6) is 0.655. The van der Waals surface area contributed by atoms with Gasteiger partial charge in [0, 0.05) is 46.2 Å². The molecule has 5 heteroatoms. The highest BCUT2D eigenvalue weighted by molar-refractivity contribution is 5.96. The van der Waals surface area contributed by atoms with E-state index in [-0.39, 0.29) is 0 Å². The Morgan fingerprint density at radius 1 is 0.308 bits per heavy atom. The molecule has 0 amide bonds. The number of benzene rings is 5. The summed E-state index contributed by atoms with van der Waals surface area (Å²) in [5.41, 5.74) is 13.8. The Morgan fingerprint density at radius 2 is 0.865 bits per heavy atom. The average Bonchev–Trinajstić information content (AvgIpc) is 3.24. The highest BCUT2D eigenvalue weighted by Crippen LogP contribution is 2.36. The second kappa shape index (κ2) is 13.7. The zero-order valence-corrected chi connectivity index (χ0v) is 28.1. The molecule has 0 aliphatic heterocycles. The first-order chi connectivity index (χ1) is 25.7. The van der Waals surface area contributed by atoms with Gasteiger partial charge in [-0.25, -0.2) is 9.97 Å². The fourth-order valence-electron chi connectivity index (χ4n) is 6.57. The SMILES string of the molecule is c1ccc(-c2ccc3c(-c4ccccc4)nc(-c4cc(-c5ccc(-c6ccccn6)cc5)cc(-c5ccc(-c6ccccn6)nc5)c4)nc3c2)cc1. The minimum absolute atomic E-state index is 0.655. The van der Waals surface area contributed by atoms with Gasteiger partial charge in [-0.2, -0.15) is 0 Å². The van der Waals surface area contributed by atoms with Gasteiger partial charge < -0.3 is 0 Å². The zero-order valence-electron chi connectivity index (χ0n) is 28.1. The summed E-state index contributed by atoms with van der Waals surface area (Å²) < 4.78 is 0. The standard InChI is InChI=1S/C47H31N5/c1-3-11-32(12-4-1)36-21-23-41-45(30-36)51-47(52-46(41)35-13-5-2-6-14-35)40-28-38(33-17-19-34(20-18-33)42-15-7-9-25-48-42)27-39(29-40)37-22-24-44(50-31-37)43-16-8-10-26-49-43/h1-31H. The van der Waals surface area contributed by atoms with Crippen LogP contribution in [0.4, 0.5) is 0 Å². The number of pyridine rings is 3. The highest BCUT2D eigenvalue weighted by atomic mass is 14.9. The van der Waals surface area contributed by atoms with Crippen LogP contribution in [0, 0.1) is 0 Å². The number of fused-ring (bicyclic) bond motifs is 1. The van der Waals surface area contributed by atoms with Gasteiger partial charge >= 0.3 is 0 Å². The number of hydrogen-bond acceptors (Lipinski definition) is 5. The molecular weight excluding hydrogens is 635 g/mol. The quantitative estimate of drug-likeness (QED) is 0.169. The van der Waals surface area contributed by atoms with Crippen LogP contribution < -0.4 is 0 Å². The van der Waals surface area contributed by atoms with Crippen molar-refractivity contribution < 1.29 is 0 Å². The summed E-state index contributed by atoms with van der Waals surface area (Å²) in [6, 6.07) is 58.3. The van der Waals surface area contributed by atoms with Crippen LogP contribution >= 0.6 is 0 Å². The second-order valence-corrected chi connectivity index (χ2v) is 12.6. The lowest BCUT2D eigenvalue weighted by Crippen LogP contribution is -1.97. The highest BCUT2D eigenvalue weighted by Gasteiger charge is 2.16. The summed E-state index contributed by atoms with van der Waals surface area (Å²) in [5, 5.41) is 1.01. The predicted octanol–water partition coefficient (Wildman–Crippen LogP) is 11.5. The molecule has 9 aromatic rings. The lowest BCUT2D eigenvalue weighted by Gasteiger charge is -2.14. The van der Waals surface area contributed by atoms with E-state index in [0.29, 0.717) is 5.82 Å². The first-order valence-corrected chi connectivity index (χ1v) is 17.2. The van der Waals surface area contributed by atoms with Crippen LogP contribution in [-0.4, -0.2) is 24.9 Å². The van der Waals surface area contributed by atoms with Gasteiger partial charge in [-0.15, -0.1) is 0 Å².